The van der Waals surface area contributed by atoms with Crippen LogP contribution in [0.5, 0.6) is 0 Å². The number of hydrogen-bond acceptors (Lipinski definition) is 12. The van der Waals surface area contributed by atoms with Crippen LogP contribution in [0.1, 0.15) is 0 Å². The Morgan fingerprint density at radius 3 is 0.729 bits per heavy atom. The Hall–Kier alpha value is -6.30. The van der Waals surface area contributed by atoms with E-state index in [4.69, 9.17) is 13.3 Å². The summed E-state index contributed by atoms with van der Waals surface area (Å²) in [6.45, 7) is 0. The van der Waals surface area contributed by atoms with Crippen LogP contribution < -0.4 is 14.7 Å². The van der Waals surface area contributed by atoms with Crippen LogP contribution in [0.15, 0.2) is 104 Å². The molecule has 4 aromatic carbocycles. The van der Waals surface area contributed by atoms with Crippen LogP contribution >= 0.6 is 0 Å². The molecule has 0 N–H and O–H groups in total. The Kier molecular flexibility index (Phi) is 7.89. The van der Waals surface area contributed by atoms with E-state index >= 15 is 0 Å². The maximum atomic E-state index is 6.17. The minimum Gasteiger partial charge on any atom is -0.416 e. The second kappa shape index (κ2) is 12.5. The van der Waals surface area contributed by atoms with Crippen LogP contribution in [-0.2, 0) is 0 Å². The molecule has 240 valence electrons. The van der Waals surface area contributed by atoms with Gasteiger partial charge in [0.2, 0.25) is 35.3 Å². The summed E-state index contributed by atoms with van der Waals surface area (Å²) in [5.74, 6) is 2.10. The van der Waals surface area contributed by atoms with Gasteiger partial charge < -0.3 is 28.0 Å². The van der Waals surface area contributed by atoms with E-state index in [9.17, 15) is 0 Å². The first kappa shape index (κ1) is 30.4. The molecule has 0 amide bonds. The van der Waals surface area contributed by atoms with Crippen LogP contribution in [0.3, 0.4) is 0 Å². The smallest absolute Gasteiger partial charge is 0.248 e. The highest BCUT2D eigenvalue weighted by Gasteiger charge is 2.20. The van der Waals surface area contributed by atoms with Gasteiger partial charge in [-0.15, -0.1) is 30.6 Å². The van der Waals surface area contributed by atoms with E-state index in [-0.39, 0.29) is 0 Å². The largest absolute Gasteiger partial charge is 0.416 e. The second-order valence-electron chi connectivity index (χ2n) is 11.9. The van der Waals surface area contributed by atoms with Crippen LogP contribution in [-0.4, -0.2) is 72.9 Å². The van der Waals surface area contributed by atoms with Crippen LogP contribution in [0, 0.1) is 0 Å². The van der Waals surface area contributed by atoms with Crippen LogP contribution in [0.4, 0.5) is 17.1 Å². The number of benzene rings is 4. The minimum absolute atomic E-state index is 0.308. The first-order valence-electron chi connectivity index (χ1n) is 15.2. The molecule has 0 saturated heterocycles. The van der Waals surface area contributed by atoms with Gasteiger partial charge in [0.1, 0.15) is 0 Å². The molecular weight excluding hydrogens is 606 g/mol. The standard InChI is InChI=1S/C36H33N9O3/c1-43(2)28-13-7-22(8-14-28)31-37-40-34(46-31)25-19-26(35-41-38-32(47-35)23-9-15-29(16-10-23)44(3)4)21-27(20-25)36-42-39-33(48-36)24-11-17-30(18-12-24)45(5)6/h7-21H,1-6H3. The lowest BCUT2D eigenvalue weighted by Crippen LogP contribution is -2.07. The summed E-state index contributed by atoms with van der Waals surface area (Å²) in [5, 5.41) is 26.1. The van der Waals surface area contributed by atoms with Gasteiger partial charge in [-0.25, -0.2) is 0 Å². The Morgan fingerprint density at radius 2 is 0.521 bits per heavy atom. The van der Waals surface area contributed by atoms with Gasteiger partial charge in [-0.2, -0.15) is 0 Å². The Bertz CT molecular complexity index is 1900. The molecule has 0 aliphatic carbocycles. The molecule has 0 radical (unpaired) electrons. The van der Waals surface area contributed by atoms with Crippen molar-refractivity contribution in [3.63, 3.8) is 0 Å². The van der Waals surface area contributed by atoms with Crippen LogP contribution in [0.25, 0.3) is 68.7 Å². The molecule has 0 unspecified atom stereocenters. The topological polar surface area (TPSA) is 126 Å². The maximum absolute atomic E-state index is 6.17. The predicted octanol–water partition coefficient (Wildman–Crippen LogP) is 7.04. The lowest BCUT2D eigenvalue weighted by atomic mass is 10.1. The summed E-state index contributed by atoms with van der Waals surface area (Å²) in [6.07, 6.45) is 0. The quantitative estimate of drug-likeness (QED) is 0.161. The van der Waals surface area contributed by atoms with Crippen molar-refractivity contribution in [2.45, 2.75) is 0 Å². The van der Waals surface area contributed by atoms with Crippen molar-refractivity contribution in [1.82, 2.24) is 30.6 Å². The van der Waals surface area contributed by atoms with Crippen molar-refractivity contribution in [2.24, 2.45) is 0 Å². The van der Waals surface area contributed by atoms with Crippen molar-refractivity contribution < 1.29 is 13.3 Å². The second-order valence-corrected chi connectivity index (χ2v) is 11.9. The van der Waals surface area contributed by atoms with E-state index < -0.39 is 0 Å². The highest BCUT2D eigenvalue weighted by molar-refractivity contribution is 5.75. The average Bonchev–Trinajstić information content (AvgIpc) is 3.90. The summed E-state index contributed by atoms with van der Waals surface area (Å²) < 4.78 is 18.5. The first-order valence-corrected chi connectivity index (χ1v) is 15.2. The summed E-state index contributed by atoms with van der Waals surface area (Å²) in [7, 11) is 11.9. The van der Waals surface area contributed by atoms with Crippen molar-refractivity contribution in [1.29, 1.82) is 0 Å². The molecule has 0 aliphatic heterocycles. The van der Waals surface area contributed by atoms with Gasteiger partial charge in [-0.1, -0.05) is 0 Å². The molecule has 0 saturated carbocycles. The number of aromatic nitrogens is 6. The Labute approximate surface area is 277 Å². The molecule has 0 bridgehead atoms. The maximum Gasteiger partial charge on any atom is 0.248 e. The van der Waals surface area contributed by atoms with Crippen molar-refractivity contribution in [2.75, 3.05) is 57.0 Å². The van der Waals surface area contributed by atoms with E-state index in [1.165, 1.54) is 0 Å². The molecule has 12 nitrogen and oxygen atoms in total. The molecular formula is C36H33N9O3. The molecule has 0 spiro atoms. The van der Waals surface area contributed by atoms with Gasteiger partial charge in [0.05, 0.1) is 0 Å². The third kappa shape index (κ3) is 6.10. The van der Waals surface area contributed by atoms with Gasteiger partial charge in [0.15, 0.2) is 0 Å². The number of anilines is 3. The third-order valence-electron chi connectivity index (χ3n) is 7.84. The lowest BCUT2D eigenvalue weighted by molar-refractivity contribution is 0.580. The third-order valence-corrected chi connectivity index (χ3v) is 7.84. The first-order chi connectivity index (χ1) is 23.2. The van der Waals surface area contributed by atoms with Gasteiger partial charge in [-0.05, 0) is 91.0 Å². The van der Waals surface area contributed by atoms with E-state index in [1.807, 2.05) is 148 Å². The Balaban J connectivity index is 1.27. The fourth-order valence-electron chi connectivity index (χ4n) is 5.07. The van der Waals surface area contributed by atoms with Crippen LogP contribution in [0.2, 0.25) is 0 Å². The molecule has 7 aromatic rings. The molecule has 3 aromatic heterocycles. The van der Waals surface area contributed by atoms with E-state index in [0.717, 1.165) is 33.8 Å². The summed E-state index contributed by atoms with van der Waals surface area (Å²) >= 11 is 0. The number of hydrogen-bond donors (Lipinski definition) is 0. The summed E-state index contributed by atoms with van der Waals surface area (Å²) in [5.41, 5.74) is 7.48. The molecule has 48 heavy (non-hydrogen) atoms. The monoisotopic (exact) mass is 639 g/mol. The lowest BCUT2D eigenvalue weighted by Gasteiger charge is -2.11. The molecule has 0 fully saturated rings. The number of rotatable bonds is 9. The van der Waals surface area contributed by atoms with E-state index in [1.54, 1.807) is 0 Å². The van der Waals surface area contributed by atoms with Gasteiger partial charge in [-0.3, -0.25) is 0 Å². The average molecular weight is 640 g/mol. The fraction of sp³-hybridized carbons (Fsp3) is 0.167. The molecule has 0 atom stereocenters. The van der Waals surface area contributed by atoms with Gasteiger partial charge in [0.25, 0.3) is 0 Å². The molecule has 0 aliphatic rings. The zero-order valence-electron chi connectivity index (χ0n) is 27.4. The fourth-order valence-corrected chi connectivity index (χ4v) is 5.07. The molecule has 3 heterocycles. The predicted molar refractivity (Wildman–Crippen MR) is 186 cm³/mol. The molecule has 12 heteroatoms. The number of nitrogens with zero attached hydrogens (tertiary/aromatic N) is 9. The van der Waals surface area contributed by atoms with Gasteiger partial charge in [0, 0.05) is 92.7 Å². The SMILES string of the molecule is CN(C)c1ccc(-c2nnc(-c3cc(-c4nnc(-c5ccc(N(C)C)cc5)o4)cc(-c4nnc(-c5ccc(N(C)C)cc5)o4)c3)o2)cc1. The summed E-state index contributed by atoms with van der Waals surface area (Å²) in [4.78, 5) is 6.08. The summed E-state index contributed by atoms with van der Waals surface area (Å²) in [6, 6.07) is 29.3. The zero-order chi connectivity index (χ0) is 33.4. The van der Waals surface area contributed by atoms with Crippen molar-refractivity contribution >= 4 is 17.1 Å². The zero-order valence-corrected chi connectivity index (χ0v) is 27.4. The van der Waals surface area contributed by atoms with Gasteiger partial charge >= 0.3 is 0 Å². The normalized spacial score (nSPS) is 11.1. The van der Waals surface area contributed by atoms with E-state index in [2.05, 4.69) is 30.6 Å². The Morgan fingerprint density at radius 1 is 0.312 bits per heavy atom. The van der Waals surface area contributed by atoms with Crippen molar-refractivity contribution in [3.8, 4) is 68.7 Å². The highest BCUT2D eigenvalue weighted by atomic mass is 16.4. The van der Waals surface area contributed by atoms with Crippen molar-refractivity contribution in [3.05, 3.63) is 91.0 Å². The highest BCUT2D eigenvalue weighted by Crippen LogP contribution is 2.35. The minimum atomic E-state index is 0.308. The molecule has 7 rings (SSSR count). The van der Waals surface area contributed by atoms with E-state index in [0.29, 0.717) is 52.0 Å².